The molecule has 1 heterocycles. The monoisotopic (exact) mass is 269 g/mol. The molecule has 0 atom stereocenters. The molecule has 0 amide bonds. The molecular formula is C11H19N5OS. The van der Waals surface area contributed by atoms with Gasteiger partial charge in [-0.05, 0) is 13.8 Å². The quantitative estimate of drug-likeness (QED) is 0.727. The zero-order valence-corrected chi connectivity index (χ0v) is 11.8. The van der Waals surface area contributed by atoms with Gasteiger partial charge >= 0.3 is 0 Å². The van der Waals surface area contributed by atoms with Gasteiger partial charge in [0, 0.05) is 26.6 Å². The summed E-state index contributed by atoms with van der Waals surface area (Å²) >= 11 is 4.89. The molecule has 0 unspecified atom stereocenters. The number of rotatable bonds is 7. The summed E-state index contributed by atoms with van der Waals surface area (Å²) in [6.07, 6.45) is 0.620. The van der Waals surface area contributed by atoms with Gasteiger partial charge in [0.15, 0.2) is 0 Å². The van der Waals surface area contributed by atoms with Gasteiger partial charge in [0.1, 0.15) is 0 Å². The van der Waals surface area contributed by atoms with E-state index in [1.54, 1.807) is 7.11 Å². The van der Waals surface area contributed by atoms with Crippen molar-refractivity contribution in [3.05, 3.63) is 11.4 Å². The van der Waals surface area contributed by atoms with Crippen LogP contribution >= 0.6 is 12.2 Å². The van der Waals surface area contributed by atoms with Crippen molar-refractivity contribution < 1.29 is 4.74 Å². The topological polar surface area (TPSA) is 77.2 Å². The van der Waals surface area contributed by atoms with Crippen LogP contribution in [0.5, 0.6) is 0 Å². The van der Waals surface area contributed by atoms with Crippen LogP contribution in [0.15, 0.2) is 0 Å². The van der Waals surface area contributed by atoms with Crippen molar-refractivity contribution in [3.8, 4) is 0 Å². The van der Waals surface area contributed by atoms with Gasteiger partial charge in [-0.25, -0.2) is 4.98 Å². The lowest BCUT2D eigenvalue weighted by atomic mass is 10.3. The maximum Gasteiger partial charge on any atom is 0.245 e. The summed E-state index contributed by atoms with van der Waals surface area (Å²) in [7, 11) is 1.66. The summed E-state index contributed by atoms with van der Waals surface area (Å²) in [5.74, 6) is 0.589. The first-order valence-corrected chi connectivity index (χ1v) is 6.15. The van der Waals surface area contributed by atoms with Crippen molar-refractivity contribution in [2.75, 3.05) is 31.7 Å². The lowest BCUT2D eigenvalue weighted by molar-refractivity contribution is 0.205. The summed E-state index contributed by atoms with van der Waals surface area (Å²) in [6.45, 7) is 5.74. The van der Waals surface area contributed by atoms with Gasteiger partial charge in [0.2, 0.25) is 5.95 Å². The molecule has 0 fully saturated rings. The molecule has 0 aromatic carbocycles. The van der Waals surface area contributed by atoms with Gasteiger partial charge in [0.05, 0.1) is 23.0 Å². The Labute approximate surface area is 113 Å². The van der Waals surface area contributed by atoms with Crippen LogP contribution in [0.3, 0.4) is 0 Å². The molecule has 7 heteroatoms. The number of nitrogens with two attached hydrogens (primary N) is 1. The standard InChI is InChI=1S/C11H19N5OS/c1-8-9(2)14-15-11(13-8)16(6-7-17-3)5-4-10(12)18/h4-7H2,1-3H3,(H2,12,18). The highest BCUT2D eigenvalue weighted by Crippen LogP contribution is 2.08. The Morgan fingerprint density at radius 2 is 2.00 bits per heavy atom. The van der Waals surface area contributed by atoms with Crippen molar-refractivity contribution in [1.29, 1.82) is 0 Å². The second-order valence-corrected chi connectivity index (χ2v) is 4.50. The largest absolute Gasteiger partial charge is 0.393 e. The van der Waals surface area contributed by atoms with Crippen LogP contribution in [0.1, 0.15) is 17.8 Å². The maximum atomic E-state index is 5.52. The Morgan fingerprint density at radius 3 is 2.56 bits per heavy atom. The molecule has 0 spiro atoms. The minimum atomic E-state index is 0.481. The first kappa shape index (κ1) is 14.7. The Kier molecular flexibility index (Phi) is 5.87. The second-order valence-electron chi connectivity index (χ2n) is 3.98. The van der Waals surface area contributed by atoms with Crippen LogP contribution in [0, 0.1) is 13.8 Å². The molecule has 0 bridgehead atoms. The Hall–Kier alpha value is -1.34. The molecule has 6 nitrogen and oxygen atoms in total. The average molecular weight is 269 g/mol. The van der Waals surface area contributed by atoms with Gasteiger partial charge < -0.3 is 15.4 Å². The minimum Gasteiger partial charge on any atom is -0.393 e. The van der Waals surface area contributed by atoms with Crippen LogP contribution < -0.4 is 10.6 Å². The fourth-order valence-corrected chi connectivity index (χ4v) is 1.43. The molecule has 1 rings (SSSR count). The lowest BCUT2D eigenvalue weighted by Crippen LogP contribution is -2.32. The Morgan fingerprint density at radius 1 is 1.28 bits per heavy atom. The van der Waals surface area contributed by atoms with Crippen molar-refractivity contribution in [2.24, 2.45) is 5.73 Å². The van der Waals surface area contributed by atoms with E-state index < -0.39 is 0 Å². The van der Waals surface area contributed by atoms with Gasteiger partial charge in [-0.1, -0.05) is 12.2 Å². The van der Waals surface area contributed by atoms with E-state index in [-0.39, 0.29) is 0 Å². The summed E-state index contributed by atoms with van der Waals surface area (Å²) in [5, 5.41) is 8.17. The predicted molar refractivity (Wildman–Crippen MR) is 74.8 cm³/mol. The number of nitrogens with zero attached hydrogens (tertiary/aromatic N) is 4. The van der Waals surface area contributed by atoms with Crippen LogP contribution in [0.4, 0.5) is 5.95 Å². The highest BCUT2D eigenvalue weighted by atomic mass is 32.1. The summed E-state index contributed by atoms with van der Waals surface area (Å²) in [6, 6.07) is 0. The van der Waals surface area contributed by atoms with E-state index in [0.29, 0.717) is 37.1 Å². The number of hydrogen-bond acceptors (Lipinski definition) is 6. The highest BCUT2D eigenvalue weighted by molar-refractivity contribution is 7.80. The number of anilines is 1. The molecule has 0 radical (unpaired) electrons. The van der Waals surface area contributed by atoms with Crippen LogP contribution in [-0.4, -0.2) is 47.0 Å². The fraction of sp³-hybridized carbons (Fsp3) is 0.636. The number of ether oxygens (including phenoxy) is 1. The number of methoxy groups -OCH3 is 1. The van der Waals surface area contributed by atoms with E-state index in [1.165, 1.54) is 0 Å². The van der Waals surface area contributed by atoms with E-state index in [2.05, 4.69) is 15.2 Å². The zero-order chi connectivity index (χ0) is 13.5. The third-order valence-corrected chi connectivity index (χ3v) is 2.76. The molecule has 1 aromatic rings. The minimum absolute atomic E-state index is 0.481. The number of aryl methyl sites for hydroxylation is 2. The van der Waals surface area contributed by atoms with Gasteiger partial charge in [-0.15, -0.1) is 5.10 Å². The van der Waals surface area contributed by atoms with Crippen molar-refractivity contribution >= 4 is 23.2 Å². The smallest absolute Gasteiger partial charge is 0.245 e. The molecular weight excluding hydrogens is 250 g/mol. The van der Waals surface area contributed by atoms with Crippen molar-refractivity contribution in [3.63, 3.8) is 0 Å². The third kappa shape index (κ3) is 4.50. The normalized spacial score (nSPS) is 10.4. The van der Waals surface area contributed by atoms with Gasteiger partial charge in [-0.2, -0.15) is 5.10 Å². The first-order chi connectivity index (χ1) is 8.54. The molecule has 0 aliphatic heterocycles. The van der Waals surface area contributed by atoms with E-state index >= 15 is 0 Å². The summed E-state index contributed by atoms with van der Waals surface area (Å²) in [5.41, 5.74) is 7.22. The first-order valence-electron chi connectivity index (χ1n) is 5.74. The Bertz CT molecular complexity index is 412. The highest BCUT2D eigenvalue weighted by Gasteiger charge is 2.11. The van der Waals surface area contributed by atoms with Crippen LogP contribution in [0.25, 0.3) is 0 Å². The molecule has 1 aromatic heterocycles. The molecule has 0 aliphatic rings. The average Bonchev–Trinajstić information content (AvgIpc) is 2.33. The van der Waals surface area contributed by atoms with Gasteiger partial charge in [-0.3, -0.25) is 0 Å². The fourth-order valence-electron chi connectivity index (χ4n) is 1.34. The van der Waals surface area contributed by atoms with Crippen molar-refractivity contribution in [1.82, 2.24) is 15.2 Å². The van der Waals surface area contributed by atoms with E-state index in [1.807, 2.05) is 18.7 Å². The molecule has 0 saturated carbocycles. The number of hydrogen-bond donors (Lipinski definition) is 1. The van der Waals surface area contributed by atoms with E-state index in [4.69, 9.17) is 22.7 Å². The van der Waals surface area contributed by atoms with Crippen LogP contribution in [0.2, 0.25) is 0 Å². The third-order valence-electron chi connectivity index (χ3n) is 2.56. The molecule has 0 aliphatic carbocycles. The molecule has 0 saturated heterocycles. The SMILES string of the molecule is COCCN(CCC(N)=S)c1nnc(C)c(C)n1. The van der Waals surface area contributed by atoms with E-state index in [0.717, 1.165) is 11.4 Å². The van der Waals surface area contributed by atoms with E-state index in [9.17, 15) is 0 Å². The second kappa shape index (κ2) is 7.17. The van der Waals surface area contributed by atoms with Crippen LogP contribution in [-0.2, 0) is 4.74 Å². The Balaban J connectivity index is 2.79. The molecule has 18 heavy (non-hydrogen) atoms. The maximum absolute atomic E-state index is 5.52. The van der Waals surface area contributed by atoms with Crippen molar-refractivity contribution in [2.45, 2.75) is 20.3 Å². The molecule has 2 N–H and O–H groups in total. The number of aromatic nitrogens is 3. The lowest BCUT2D eigenvalue weighted by Gasteiger charge is -2.21. The number of thiocarbonyl (C=S) groups is 1. The molecule has 100 valence electrons. The van der Waals surface area contributed by atoms with Gasteiger partial charge in [0.25, 0.3) is 0 Å². The summed E-state index contributed by atoms with van der Waals surface area (Å²) in [4.78, 5) is 6.87. The predicted octanol–water partition coefficient (Wildman–Crippen LogP) is 0.617. The summed E-state index contributed by atoms with van der Waals surface area (Å²) < 4.78 is 5.07. The zero-order valence-electron chi connectivity index (χ0n) is 11.0.